The zero-order valence-corrected chi connectivity index (χ0v) is 16.3. The number of hydrogen-bond donors (Lipinski definition) is 3. The SMILES string of the molecule is C=C(CCC=C(C)C)CCC/C(C)=C/COP(=O)(O)OP(=O)(O)O. The summed E-state index contributed by atoms with van der Waals surface area (Å²) < 4.78 is 29.9. The molecule has 3 N–H and O–H groups in total. The summed E-state index contributed by atoms with van der Waals surface area (Å²) in [7, 11) is -9.83. The van der Waals surface area contributed by atoms with Gasteiger partial charge < -0.3 is 14.7 Å². The Kier molecular flexibility index (Phi) is 10.9. The quantitative estimate of drug-likeness (QED) is 0.333. The average molecular weight is 382 g/mol. The van der Waals surface area contributed by atoms with Gasteiger partial charge in [0.1, 0.15) is 0 Å². The molecule has 0 aromatic carbocycles. The Labute approximate surface area is 143 Å². The molecule has 0 heterocycles. The van der Waals surface area contributed by atoms with Crippen LogP contribution >= 0.6 is 15.6 Å². The van der Waals surface area contributed by atoms with Gasteiger partial charge in [-0.25, -0.2) is 9.13 Å². The molecule has 0 radical (unpaired) electrons. The van der Waals surface area contributed by atoms with Crippen molar-refractivity contribution in [2.75, 3.05) is 6.61 Å². The van der Waals surface area contributed by atoms with E-state index in [1.165, 1.54) is 11.1 Å². The minimum atomic E-state index is -5.07. The molecular formula is C15H28O7P2. The van der Waals surface area contributed by atoms with Gasteiger partial charge >= 0.3 is 15.6 Å². The summed E-state index contributed by atoms with van der Waals surface area (Å²) in [6.45, 7) is 9.76. The van der Waals surface area contributed by atoms with Crippen molar-refractivity contribution >= 4 is 15.6 Å². The van der Waals surface area contributed by atoms with E-state index in [0.29, 0.717) is 0 Å². The standard InChI is InChI=1S/C15H28O7P2/c1-13(2)7-5-8-14(3)9-6-10-15(4)11-12-21-24(19,20)22-23(16,17)18/h7,11H,3,5-6,8-10,12H2,1-2,4H3,(H,19,20)(H2,16,17,18)/b15-11+. The van der Waals surface area contributed by atoms with E-state index in [1.54, 1.807) is 6.08 Å². The minimum Gasteiger partial charge on any atom is -0.302 e. The van der Waals surface area contributed by atoms with E-state index >= 15 is 0 Å². The Bertz CT molecular complexity index is 556. The van der Waals surface area contributed by atoms with Crippen molar-refractivity contribution in [2.24, 2.45) is 0 Å². The fourth-order valence-corrected chi connectivity index (χ4v) is 3.37. The topological polar surface area (TPSA) is 113 Å². The summed E-state index contributed by atoms with van der Waals surface area (Å²) in [4.78, 5) is 26.0. The van der Waals surface area contributed by atoms with Gasteiger partial charge in [0.05, 0.1) is 6.61 Å². The molecular weight excluding hydrogens is 354 g/mol. The van der Waals surface area contributed by atoms with E-state index in [9.17, 15) is 9.13 Å². The Morgan fingerprint density at radius 3 is 2.21 bits per heavy atom. The van der Waals surface area contributed by atoms with Gasteiger partial charge in [-0.2, -0.15) is 4.31 Å². The summed E-state index contributed by atoms with van der Waals surface area (Å²) in [6, 6.07) is 0. The second kappa shape index (κ2) is 11.2. The molecule has 0 rings (SSSR count). The normalized spacial score (nSPS) is 15.0. The van der Waals surface area contributed by atoms with Crippen LogP contribution in [0, 0.1) is 0 Å². The smallest absolute Gasteiger partial charge is 0.302 e. The highest BCUT2D eigenvalue weighted by molar-refractivity contribution is 7.60. The largest absolute Gasteiger partial charge is 0.481 e. The molecule has 7 nitrogen and oxygen atoms in total. The molecule has 0 aliphatic rings. The number of rotatable bonds is 12. The summed E-state index contributed by atoms with van der Waals surface area (Å²) in [5.41, 5.74) is 3.43. The second-order valence-electron chi connectivity index (χ2n) is 5.81. The zero-order chi connectivity index (χ0) is 18.8. The lowest BCUT2D eigenvalue weighted by Gasteiger charge is -2.11. The third kappa shape index (κ3) is 15.0. The van der Waals surface area contributed by atoms with Gasteiger partial charge in [0, 0.05) is 0 Å². The van der Waals surface area contributed by atoms with Crippen molar-refractivity contribution in [1.82, 2.24) is 0 Å². The first kappa shape index (κ1) is 23.5. The summed E-state index contributed by atoms with van der Waals surface area (Å²) in [5.74, 6) is 0. The molecule has 0 aliphatic heterocycles. The fourth-order valence-electron chi connectivity index (χ4n) is 1.84. The van der Waals surface area contributed by atoms with Crippen molar-refractivity contribution in [3.63, 3.8) is 0 Å². The highest BCUT2D eigenvalue weighted by Crippen LogP contribution is 2.57. The first-order valence-corrected chi connectivity index (χ1v) is 10.6. The predicted molar refractivity (Wildman–Crippen MR) is 94.3 cm³/mol. The number of phosphoric acid groups is 2. The van der Waals surface area contributed by atoms with Gasteiger partial charge in [-0.15, -0.1) is 0 Å². The van der Waals surface area contributed by atoms with E-state index in [1.807, 2.05) is 6.92 Å². The first-order valence-electron chi connectivity index (χ1n) is 7.61. The Hall–Kier alpha value is -0.520. The van der Waals surface area contributed by atoms with Crippen molar-refractivity contribution in [3.8, 4) is 0 Å². The zero-order valence-electron chi connectivity index (χ0n) is 14.5. The maximum atomic E-state index is 11.2. The highest BCUT2D eigenvalue weighted by Gasteiger charge is 2.31. The molecule has 0 aromatic rings. The molecule has 0 saturated carbocycles. The van der Waals surface area contributed by atoms with Gasteiger partial charge in [-0.05, 0) is 52.9 Å². The maximum Gasteiger partial charge on any atom is 0.481 e. The van der Waals surface area contributed by atoms with Crippen LogP contribution in [-0.4, -0.2) is 21.3 Å². The highest BCUT2D eigenvalue weighted by atomic mass is 31.3. The molecule has 0 aliphatic carbocycles. The van der Waals surface area contributed by atoms with Crippen LogP contribution in [-0.2, 0) is 18.0 Å². The van der Waals surface area contributed by atoms with Gasteiger partial charge in [0.15, 0.2) is 0 Å². The van der Waals surface area contributed by atoms with Crippen molar-refractivity contribution in [1.29, 1.82) is 0 Å². The van der Waals surface area contributed by atoms with E-state index in [0.717, 1.165) is 37.7 Å². The van der Waals surface area contributed by atoms with Gasteiger partial charge in [0.2, 0.25) is 0 Å². The van der Waals surface area contributed by atoms with Gasteiger partial charge in [-0.1, -0.05) is 35.5 Å². The first-order chi connectivity index (χ1) is 10.9. The van der Waals surface area contributed by atoms with Crippen LogP contribution in [0.5, 0.6) is 0 Å². The number of allylic oxidation sites excluding steroid dienone is 4. The average Bonchev–Trinajstić information content (AvgIpc) is 2.34. The summed E-state index contributed by atoms with van der Waals surface area (Å²) >= 11 is 0. The van der Waals surface area contributed by atoms with E-state index in [-0.39, 0.29) is 6.61 Å². The Balaban J connectivity index is 4.04. The van der Waals surface area contributed by atoms with Gasteiger partial charge in [0.25, 0.3) is 0 Å². The number of hydrogen-bond acceptors (Lipinski definition) is 4. The van der Waals surface area contributed by atoms with Gasteiger partial charge in [-0.3, -0.25) is 4.52 Å². The maximum absolute atomic E-state index is 11.2. The van der Waals surface area contributed by atoms with Crippen LogP contribution in [0.2, 0.25) is 0 Å². The molecule has 140 valence electrons. The monoisotopic (exact) mass is 382 g/mol. The van der Waals surface area contributed by atoms with Crippen molar-refractivity contribution in [2.45, 2.75) is 52.9 Å². The van der Waals surface area contributed by atoms with Crippen LogP contribution in [0.15, 0.2) is 35.5 Å². The van der Waals surface area contributed by atoms with Crippen molar-refractivity contribution < 1.29 is 32.6 Å². The molecule has 9 heteroatoms. The van der Waals surface area contributed by atoms with Crippen LogP contribution in [0.25, 0.3) is 0 Å². The van der Waals surface area contributed by atoms with Crippen LogP contribution in [0.3, 0.4) is 0 Å². The van der Waals surface area contributed by atoms with Crippen molar-refractivity contribution in [3.05, 3.63) is 35.5 Å². The van der Waals surface area contributed by atoms with E-state index in [2.05, 4.69) is 35.3 Å². The molecule has 1 unspecified atom stereocenters. The lowest BCUT2D eigenvalue weighted by Crippen LogP contribution is -1.95. The molecule has 0 fully saturated rings. The molecule has 0 aromatic heterocycles. The van der Waals surface area contributed by atoms with Crippen LogP contribution in [0.1, 0.15) is 52.9 Å². The van der Waals surface area contributed by atoms with Crippen LogP contribution < -0.4 is 0 Å². The molecule has 0 amide bonds. The molecule has 0 spiro atoms. The number of phosphoric ester groups is 1. The molecule has 24 heavy (non-hydrogen) atoms. The lowest BCUT2D eigenvalue weighted by molar-refractivity contribution is 0.191. The molecule has 0 bridgehead atoms. The summed E-state index contributed by atoms with van der Waals surface area (Å²) in [6.07, 6.45) is 8.31. The predicted octanol–water partition coefficient (Wildman–Crippen LogP) is 4.63. The second-order valence-corrected chi connectivity index (χ2v) is 8.64. The Morgan fingerprint density at radius 2 is 1.67 bits per heavy atom. The lowest BCUT2D eigenvalue weighted by atomic mass is 10.0. The molecule has 0 saturated heterocycles. The Morgan fingerprint density at radius 1 is 1.04 bits per heavy atom. The minimum absolute atomic E-state index is 0.263. The van der Waals surface area contributed by atoms with E-state index < -0.39 is 15.6 Å². The molecule has 1 atom stereocenters. The van der Waals surface area contributed by atoms with Crippen LogP contribution in [0.4, 0.5) is 0 Å². The third-order valence-electron chi connectivity index (χ3n) is 3.03. The fraction of sp³-hybridized carbons (Fsp3) is 0.600. The third-order valence-corrected chi connectivity index (χ3v) is 5.18. The summed E-state index contributed by atoms with van der Waals surface area (Å²) in [5, 5.41) is 0. The van der Waals surface area contributed by atoms with E-state index in [4.69, 9.17) is 14.7 Å².